The van der Waals surface area contributed by atoms with Crippen molar-refractivity contribution in [3.8, 4) is 11.5 Å². The molecule has 1 aliphatic heterocycles. The summed E-state index contributed by atoms with van der Waals surface area (Å²) in [5, 5.41) is -0.285. The number of amides is 2. The summed E-state index contributed by atoms with van der Waals surface area (Å²) in [5.41, 5.74) is 3.99. The molecule has 168 valence electrons. The van der Waals surface area contributed by atoms with E-state index in [1.807, 2.05) is 86.6 Å². The summed E-state index contributed by atoms with van der Waals surface area (Å²) in [5.74, 6) is 1.17. The predicted molar refractivity (Wildman–Crippen MR) is 131 cm³/mol. The molecule has 0 radical (unpaired) electrons. The Morgan fingerprint density at radius 2 is 1.73 bits per heavy atom. The molecule has 1 heterocycles. The molecule has 0 N–H and O–H groups in total. The summed E-state index contributed by atoms with van der Waals surface area (Å²) in [4.78, 5) is 26.9. The molecule has 4 rings (SSSR count). The Morgan fingerprint density at radius 3 is 2.55 bits per heavy atom. The van der Waals surface area contributed by atoms with Crippen LogP contribution in [0, 0.1) is 13.8 Å². The van der Waals surface area contributed by atoms with Crippen LogP contribution in [0.5, 0.6) is 11.5 Å². The maximum Gasteiger partial charge on any atom is 0.293 e. The molecule has 2 amide bonds. The van der Waals surface area contributed by atoms with Gasteiger partial charge >= 0.3 is 0 Å². The van der Waals surface area contributed by atoms with Crippen molar-refractivity contribution in [3.63, 3.8) is 0 Å². The fourth-order valence-electron chi connectivity index (χ4n) is 3.39. The molecule has 5 nitrogen and oxygen atoms in total. The summed E-state index contributed by atoms with van der Waals surface area (Å²) in [6.07, 6.45) is 1.73. The number of thioether (sulfide) groups is 1. The number of ether oxygens (including phenoxy) is 2. The predicted octanol–water partition coefficient (Wildman–Crippen LogP) is 6.00. The maximum absolute atomic E-state index is 12.8. The number of hydrogen-bond acceptors (Lipinski definition) is 5. The van der Waals surface area contributed by atoms with E-state index in [0.717, 1.165) is 39.8 Å². The van der Waals surface area contributed by atoms with Crippen molar-refractivity contribution in [1.82, 2.24) is 4.90 Å². The van der Waals surface area contributed by atoms with Gasteiger partial charge in [0.25, 0.3) is 11.1 Å². The topological polar surface area (TPSA) is 55.8 Å². The second-order valence-corrected chi connectivity index (χ2v) is 8.79. The molecule has 0 bridgehead atoms. The first-order valence-corrected chi connectivity index (χ1v) is 11.5. The van der Waals surface area contributed by atoms with Crippen LogP contribution in [0.2, 0.25) is 0 Å². The van der Waals surface area contributed by atoms with Crippen molar-refractivity contribution >= 4 is 29.0 Å². The monoisotopic (exact) mass is 459 g/mol. The highest BCUT2D eigenvalue weighted by Gasteiger charge is 2.34. The first-order valence-electron chi connectivity index (χ1n) is 10.7. The number of rotatable bonds is 8. The highest BCUT2D eigenvalue weighted by Crippen LogP contribution is 2.32. The van der Waals surface area contributed by atoms with Crippen molar-refractivity contribution in [1.29, 1.82) is 0 Å². The van der Waals surface area contributed by atoms with Crippen LogP contribution in [0.3, 0.4) is 0 Å². The van der Waals surface area contributed by atoms with Gasteiger partial charge < -0.3 is 9.47 Å². The molecule has 0 saturated carbocycles. The van der Waals surface area contributed by atoms with Crippen molar-refractivity contribution < 1.29 is 19.1 Å². The van der Waals surface area contributed by atoms with Crippen molar-refractivity contribution in [3.05, 3.63) is 100.0 Å². The summed E-state index contributed by atoms with van der Waals surface area (Å²) in [6, 6.07) is 23.4. The standard InChI is InChI=1S/C27H25NO4S/c1-19-11-12-20(2)24(15-19)31-14-13-28-26(29)25(33-27(28)30)17-22-9-6-10-23(16-22)32-18-21-7-4-3-5-8-21/h3-12,15-17H,13-14,18H2,1-2H3/b25-17-. The van der Waals surface area contributed by atoms with E-state index < -0.39 is 0 Å². The van der Waals surface area contributed by atoms with E-state index in [0.29, 0.717) is 17.3 Å². The van der Waals surface area contributed by atoms with Crippen LogP contribution in [0.25, 0.3) is 6.08 Å². The first-order chi connectivity index (χ1) is 16.0. The van der Waals surface area contributed by atoms with E-state index in [1.54, 1.807) is 6.08 Å². The Kier molecular flexibility index (Phi) is 7.15. The lowest BCUT2D eigenvalue weighted by Gasteiger charge is -2.14. The number of aryl methyl sites for hydroxylation is 2. The fourth-order valence-corrected chi connectivity index (χ4v) is 4.25. The number of imide groups is 1. The van der Waals surface area contributed by atoms with Gasteiger partial charge in [-0.3, -0.25) is 14.5 Å². The third kappa shape index (κ3) is 5.84. The van der Waals surface area contributed by atoms with Crippen LogP contribution in [-0.2, 0) is 11.4 Å². The normalized spacial score (nSPS) is 14.7. The number of hydrogen-bond donors (Lipinski definition) is 0. The van der Waals surface area contributed by atoms with Crippen LogP contribution in [0.4, 0.5) is 4.79 Å². The minimum Gasteiger partial charge on any atom is -0.491 e. The van der Waals surface area contributed by atoms with E-state index in [1.165, 1.54) is 4.90 Å². The van der Waals surface area contributed by atoms with Gasteiger partial charge in [0.15, 0.2) is 0 Å². The SMILES string of the molecule is Cc1ccc(C)c(OCCN2C(=O)S/C(=C\c3cccc(OCc4ccccc4)c3)C2=O)c1. The lowest BCUT2D eigenvalue weighted by molar-refractivity contribution is -0.123. The third-order valence-electron chi connectivity index (χ3n) is 5.19. The molecule has 1 saturated heterocycles. The van der Waals surface area contributed by atoms with E-state index in [9.17, 15) is 9.59 Å². The second-order valence-electron chi connectivity index (χ2n) is 7.80. The average molecular weight is 460 g/mol. The summed E-state index contributed by atoms with van der Waals surface area (Å²) >= 11 is 0.947. The first kappa shape index (κ1) is 22.7. The Bertz CT molecular complexity index is 1190. The van der Waals surface area contributed by atoms with Gasteiger partial charge in [-0.25, -0.2) is 0 Å². The molecule has 0 unspecified atom stereocenters. The molecule has 6 heteroatoms. The van der Waals surface area contributed by atoms with E-state index in [4.69, 9.17) is 9.47 Å². The highest BCUT2D eigenvalue weighted by atomic mass is 32.2. The number of benzene rings is 3. The van der Waals surface area contributed by atoms with Crippen LogP contribution < -0.4 is 9.47 Å². The highest BCUT2D eigenvalue weighted by molar-refractivity contribution is 8.18. The van der Waals surface area contributed by atoms with Gasteiger partial charge in [-0.2, -0.15) is 0 Å². The van der Waals surface area contributed by atoms with Gasteiger partial charge in [-0.1, -0.05) is 54.6 Å². The Morgan fingerprint density at radius 1 is 0.909 bits per heavy atom. The van der Waals surface area contributed by atoms with E-state index in [-0.39, 0.29) is 24.3 Å². The zero-order valence-corrected chi connectivity index (χ0v) is 19.4. The molecule has 1 fully saturated rings. The summed E-state index contributed by atoms with van der Waals surface area (Å²) < 4.78 is 11.7. The lowest BCUT2D eigenvalue weighted by Crippen LogP contribution is -2.32. The maximum atomic E-state index is 12.8. The van der Waals surface area contributed by atoms with Crippen molar-refractivity contribution in [2.24, 2.45) is 0 Å². The van der Waals surface area contributed by atoms with Gasteiger partial charge in [0.05, 0.1) is 11.4 Å². The number of carbonyl (C=O) groups excluding carboxylic acids is 2. The Labute approximate surface area is 198 Å². The molecule has 0 aliphatic carbocycles. The average Bonchev–Trinajstić information content (AvgIpc) is 3.08. The number of nitrogens with zero attached hydrogens (tertiary/aromatic N) is 1. The number of carbonyl (C=O) groups is 2. The third-order valence-corrected chi connectivity index (χ3v) is 6.10. The smallest absolute Gasteiger partial charge is 0.293 e. The minimum absolute atomic E-state index is 0.204. The van der Waals surface area contributed by atoms with E-state index in [2.05, 4.69) is 0 Å². The largest absolute Gasteiger partial charge is 0.491 e. The molecule has 0 atom stereocenters. The lowest BCUT2D eigenvalue weighted by atomic mass is 10.1. The molecule has 1 aliphatic rings. The zero-order valence-electron chi connectivity index (χ0n) is 18.6. The second kappa shape index (κ2) is 10.4. The Hall–Kier alpha value is -3.51. The molecule has 0 spiro atoms. The minimum atomic E-state index is -0.301. The van der Waals surface area contributed by atoms with Gasteiger partial charge in [-0.05, 0) is 72.1 Å². The van der Waals surface area contributed by atoms with E-state index >= 15 is 0 Å². The quantitative estimate of drug-likeness (QED) is 0.387. The zero-order chi connectivity index (χ0) is 23.2. The van der Waals surface area contributed by atoms with Crippen molar-refractivity contribution in [2.75, 3.05) is 13.2 Å². The fraction of sp³-hybridized carbons (Fsp3) is 0.185. The van der Waals surface area contributed by atoms with Gasteiger partial charge in [0.2, 0.25) is 0 Å². The van der Waals surface area contributed by atoms with Crippen LogP contribution in [0.15, 0.2) is 77.7 Å². The van der Waals surface area contributed by atoms with Gasteiger partial charge in [0.1, 0.15) is 24.7 Å². The van der Waals surface area contributed by atoms with Gasteiger partial charge in [0, 0.05) is 0 Å². The Balaban J connectivity index is 1.37. The van der Waals surface area contributed by atoms with Gasteiger partial charge in [-0.15, -0.1) is 0 Å². The molecular weight excluding hydrogens is 434 g/mol. The van der Waals surface area contributed by atoms with Crippen LogP contribution in [0.1, 0.15) is 22.3 Å². The van der Waals surface area contributed by atoms with Crippen molar-refractivity contribution in [2.45, 2.75) is 20.5 Å². The molecule has 3 aromatic carbocycles. The van der Waals surface area contributed by atoms with Crippen LogP contribution >= 0.6 is 11.8 Å². The molecule has 33 heavy (non-hydrogen) atoms. The molecular formula is C27H25NO4S. The van der Waals surface area contributed by atoms with Crippen LogP contribution in [-0.4, -0.2) is 29.2 Å². The molecule has 3 aromatic rings. The molecule has 0 aromatic heterocycles. The summed E-state index contributed by atoms with van der Waals surface area (Å²) in [7, 11) is 0. The summed E-state index contributed by atoms with van der Waals surface area (Å²) in [6.45, 7) is 4.87.